The fourth-order valence-corrected chi connectivity index (χ4v) is 3.69. The van der Waals surface area contributed by atoms with E-state index in [0.29, 0.717) is 16.9 Å². The Morgan fingerprint density at radius 2 is 1.94 bits per heavy atom. The molecule has 0 aliphatic carbocycles. The lowest BCUT2D eigenvalue weighted by Gasteiger charge is -2.37. The topological polar surface area (TPSA) is 29.5 Å². The highest BCUT2D eigenvalue weighted by Gasteiger charge is 2.42. The lowest BCUT2D eigenvalue weighted by atomic mass is 10.0. The van der Waals surface area contributed by atoms with E-state index in [2.05, 4.69) is 20.8 Å². The average molecular weight is 290 g/mol. The number of alkyl halides is 1. The second kappa shape index (κ2) is 5.05. The number of hydrogen-bond donors (Lipinski definition) is 0. The van der Waals surface area contributed by atoms with Crippen LogP contribution in [0.4, 0.5) is 0 Å². The minimum Gasteiger partial charge on any atom is -0.369 e. The summed E-state index contributed by atoms with van der Waals surface area (Å²) in [6.45, 7) is 4.18. The first-order valence-electron chi connectivity index (χ1n) is 6.14. The van der Waals surface area contributed by atoms with E-state index in [0.717, 1.165) is 12.8 Å². The number of piperidine rings is 1. The standard InChI is InChI=1S/C12H20BrNO2/c1-8(2)16-7-12(15)14-10-3-4-11(14)6-9(13)5-10/h8-11H,3-7H2,1-2H3. The van der Waals surface area contributed by atoms with Gasteiger partial charge in [-0.05, 0) is 39.5 Å². The number of nitrogens with zero attached hydrogens (tertiary/aromatic N) is 1. The third-order valence-corrected chi connectivity index (χ3v) is 4.25. The molecule has 4 heteroatoms. The van der Waals surface area contributed by atoms with Gasteiger partial charge in [0.15, 0.2) is 0 Å². The highest BCUT2D eigenvalue weighted by Crippen LogP contribution is 2.38. The van der Waals surface area contributed by atoms with Gasteiger partial charge in [-0.25, -0.2) is 0 Å². The van der Waals surface area contributed by atoms with Crippen molar-refractivity contribution >= 4 is 21.8 Å². The summed E-state index contributed by atoms with van der Waals surface area (Å²) in [5.41, 5.74) is 0. The Morgan fingerprint density at radius 3 is 2.44 bits per heavy atom. The first kappa shape index (κ1) is 12.4. The van der Waals surface area contributed by atoms with E-state index in [1.165, 1.54) is 12.8 Å². The van der Waals surface area contributed by atoms with Gasteiger partial charge in [0, 0.05) is 16.9 Å². The molecule has 2 aliphatic heterocycles. The summed E-state index contributed by atoms with van der Waals surface area (Å²) in [4.78, 5) is 14.7. The molecule has 2 fully saturated rings. The molecule has 2 heterocycles. The van der Waals surface area contributed by atoms with E-state index in [9.17, 15) is 4.79 Å². The van der Waals surface area contributed by atoms with Crippen molar-refractivity contribution in [1.29, 1.82) is 0 Å². The third kappa shape index (κ3) is 2.59. The molecule has 0 aromatic rings. The van der Waals surface area contributed by atoms with Crippen LogP contribution in [0.1, 0.15) is 39.5 Å². The summed E-state index contributed by atoms with van der Waals surface area (Å²) in [5, 5.41) is 0. The molecule has 2 bridgehead atoms. The van der Waals surface area contributed by atoms with Crippen molar-refractivity contribution in [3.63, 3.8) is 0 Å². The van der Waals surface area contributed by atoms with Crippen LogP contribution in [0.15, 0.2) is 0 Å². The molecule has 2 rings (SSSR count). The molecule has 2 atom stereocenters. The van der Waals surface area contributed by atoms with Gasteiger partial charge >= 0.3 is 0 Å². The Hall–Kier alpha value is -0.0900. The van der Waals surface area contributed by atoms with Crippen LogP contribution in [0.3, 0.4) is 0 Å². The lowest BCUT2D eigenvalue weighted by molar-refractivity contribution is -0.141. The van der Waals surface area contributed by atoms with Crippen LogP contribution in [0.2, 0.25) is 0 Å². The Balaban J connectivity index is 1.92. The average Bonchev–Trinajstić information content (AvgIpc) is 2.48. The summed E-state index contributed by atoms with van der Waals surface area (Å²) in [7, 11) is 0. The Kier molecular flexibility index (Phi) is 3.90. The van der Waals surface area contributed by atoms with E-state index < -0.39 is 0 Å². The molecule has 1 amide bonds. The largest absolute Gasteiger partial charge is 0.369 e. The van der Waals surface area contributed by atoms with E-state index in [1.807, 2.05) is 13.8 Å². The summed E-state index contributed by atoms with van der Waals surface area (Å²) in [6, 6.07) is 0.901. The number of hydrogen-bond acceptors (Lipinski definition) is 2. The molecule has 0 N–H and O–H groups in total. The summed E-state index contributed by atoms with van der Waals surface area (Å²) < 4.78 is 5.41. The molecule has 2 aliphatic rings. The van der Waals surface area contributed by atoms with E-state index >= 15 is 0 Å². The van der Waals surface area contributed by atoms with Gasteiger partial charge in [-0.2, -0.15) is 0 Å². The molecule has 92 valence electrons. The van der Waals surface area contributed by atoms with Crippen LogP contribution in [-0.4, -0.2) is 40.4 Å². The van der Waals surface area contributed by atoms with Crippen molar-refractivity contribution in [2.75, 3.05) is 6.61 Å². The van der Waals surface area contributed by atoms with E-state index in [4.69, 9.17) is 4.74 Å². The molecule has 2 unspecified atom stereocenters. The predicted molar refractivity (Wildman–Crippen MR) is 66.7 cm³/mol. The second-order valence-corrected chi connectivity index (χ2v) is 6.41. The maximum absolute atomic E-state index is 12.1. The van der Waals surface area contributed by atoms with Crippen molar-refractivity contribution < 1.29 is 9.53 Å². The van der Waals surface area contributed by atoms with Crippen molar-refractivity contribution in [3.05, 3.63) is 0 Å². The Labute approximate surface area is 106 Å². The van der Waals surface area contributed by atoms with Crippen molar-refractivity contribution in [2.24, 2.45) is 0 Å². The molecule has 0 radical (unpaired) electrons. The third-order valence-electron chi connectivity index (χ3n) is 3.50. The lowest BCUT2D eigenvalue weighted by Crippen LogP contribution is -2.48. The molecule has 0 saturated carbocycles. The zero-order chi connectivity index (χ0) is 11.7. The quantitative estimate of drug-likeness (QED) is 0.747. The fourth-order valence-electron chi connectivity index (χ4n) is 2.83. The zero-order valence-electron chi connectivity index (χ0n) is 9.99. The van der Waals surface area contributed by atoms with Crippen molar-refractivity contribution in [1.82, 2.24) is 4.90 Å². The molecular weight excluding hydrogens is 270 g/mol. The van der Waals surface area contributed by atoms with Crippen LogP contribution in [0.5, 0.6) is 0 Å². The molecule has 0 aromatic carbocycles. The highest BCUT2D eigenvalue weighted by molar-refractivity contribution is 9.09. The SMILES string of the molecule is CC(C)OCC(=O)N1C2CCC1CC(Br)C2. The summed E-state index contributed by atoms with van der Waals surface area (Å²) in [5.74, 6) is 0.181. The fraction of sp³-hybridized carbons (Fsp3) is 0.917. The number of carbonyl (C=O) groups is 1. The van der Waals surface area contributed by atoms with Crippen LogP contribution in [0.25, 0.3) is 0 Å². The Bertz CT molecular complexity index is 256. The molecule has 2 saturated heterocycles. The minimum atomic E-state index is 0.135. The summed E-state index contributed by atoms with van der Waals surface area (Å²) >= 11 is 3.68. The van der Waals surface area contributed by atoms with Gasteiger partial charge in [-0.3, -0.25) is 4.79 Å². The zero-order valence-corrected chi connectivity index (χ0v) is 11.6. The van der Waals surface area contributed by atoms with Crippen molar-refractivity contribution in [3.8, 4) is 0 Å². The predicted octanol–water partition coefficient (Wildman–Crippen LogP) is 2.33. The number of ether oxygens (including phenoxy) is 1. The van der Waals surface area contributed by atoms with Gasteiger partial charge in [0.1, 0.15) is 6.61 Å². The smallest absolute Gasteiger partial charge is 0.249 e. The number of rotatable bonds is 3. The van der Waals surface area contributed by atoms with Gasteiger partial charge in [0.25, 0.3) is 0 Å². The van der Waals surface area contributed by atoms with Crippen LogP contribution in [-0.2, 0) is 9.53 Å². The number of fused-ring (bicyclic) bond motifs is 2. The number of amides is 1. The molecule has 3 nitrogen and oxygen atoms in total. The Morgan fingerprint density at radius 1 is 1.38 bits per heavy atom. The molecule has 0 spiro atoms. The number of carbonyl (C=O) groups excluding carboxylic acids is 1. The first-order chi connectivity index (χ1) is 7.58. The van der Waals surface area contributed by atoms with Crippen LogP contribution < -0.4 is 0 Å². The monoisotopic (exact) mass is 289 g/mol. The van der Waals surface area contributed by atoms with Gasteiger partial charge < -0.3 is 9.64 Å². The van der Waals surface area contributed by atoms with Crippen LogP contribution in [0, 0.1) is 0 Å². The van der Waals surface area contributed by atoms with Gasteiger partial charge in [0.2, 0.25) is 5.91 Å². The van der Waals surface area contributed by atoms with E-state index in [1.54, 1.807) is 0 Å². The van der Waals surface area contributed by atoms with Gasteiger partial charge in [-0.1, -0.05) is 15.9 Å². The van der Waals surface area contributed by atoms with Gasteiger partial charge in [-0.15, -0.1) is 0 Å². The maximum Gasteiger partial charge on any atom is 0.249 e. The number of halogens is 1. The minimum absolute atomic E-state index is 0.135. The second-order valence-electron chi connectivity index (χ2n) is 5.11. The molecule has 0 aromatic heterocycles. The molecule has 16 heavy (non-hydrogen) atoms. The normalized spacial score (nSPS) is 33.5. The van der Waals surface area contributed by atoms with E-state index in [-0.39, 0.29) is 18.6 Å². The first-order valence-corrected chi connectivity index (χ1v) is 7.06. The van der Waals surface area contributed by atoms with Crippen molar-refractivity contribution in [2.45, 2.75) is 62.5 Å². The highest BCUT2D eigenvalue weighted by atomic mass is 79.9. The van der Waals surface area contributed by atoms with Gasteiger partial charge in [0.05, 0.1) is 6.10 Å². The summed E-state index contributed by atoms with van der Waals surface area (Å²) in [6.07, 6.45) is 4.67. The van der Waals surface area contributed by atoms with Crippen LogP contribution >= 0.6 is 15.9 Å². The molecular formula is C12H20BrNO2. The maximum atomic E-state index is 12.1.